The van der Waals surface area contributed by atoms with Crippen LogP contribution in [-0.2, 0) is 5.41 Å². The molecule has 2 aliphatic rings. The lowest BCUT2D eigenvalue weighted by Crippen LogP contribution is -2.23. The van der Waals surface area contributed by atoms with Crippen molar-refractivity contribution < 1.29 is 0 Å². The summed E-state index contributed by atoms with van der Waals surface area (Å²) in [5.74, 6) is 0. The molecular formula is C23H17NS. The normalized spacial score (nSPS) is 21.4. The van der Waals surface area contributed by atoms with Crippen LogP contribution < -0.4 is 5.32 Å². The van der Waals surface area contributed by atoms with Crippen LogP contribution in [0.3, 0.4) is 0 Å². The van der Waals surface area contributed by atoms with Gasteiger partial charge in [-0.3, -0.25) is 0 Å². The second kappa shape index (κ2) is 4.53. The number of rotatable bonds is 0. The van der Waals surface area contributed by atoms with Crippen LogP contribution in [0.1, 0.15) is 18.9 Å². The third kappa shape index (κ3) is 1.58. The molecule has 1 atom stereocenters. The molecule has 2 heteroatoms. The Labute approximate surface area is 150 Å². The molecule has 4 aromatic rings. The molecule has 0 spiro atoms. The van der Waals surface area contributed by atoms with Crippen LogP contribution in [0.25, 0.3) is 30.9 Å². The van der Waals surface area contributed by atoms with E-state index in [2.05, 4.69) is 79.0 Å². The van der Waals surface area contributed by atoms with Gasteiger partial charge >= 0.3 is 0 Å². The van der Waals surface area contributed by atoms with E-state index >= 15 is 0 Å². The summed E-state index contributed by atoms with van der Waals surface area (Å²) in [6.07, 6.45) is 7.78. The quantitative estimate of drug-likeness (QED) is 0.374. The highest BCUT2D eigenvalue weighted by Crippen LogP contribution is 2.56. The minimum absolute atomic E-state index is 0.0497. The molecule has 1 nitrogen and oxygen atoms in total. The van der Waals surface area contributed by atoms with Gasteiger partial charge in [-0.05, 0) is 41.8 Å². The highest BCUT2D eigenvalue weighted by atomic mass is 32.1. The van der Waals surface area contributed by atoms with Gasteiger partial charge in [0.25, 0.3) is 0 Å². The zero-order valence-corrected chi connectivity index (χ0v) is 14.8. The molecular weight excluding hydrogens is 322 g/mol. The molecule has 3 aromatic carbocycles. The lowest BCUT2D eigenvalue weighted by molar-refractivity contribution is 0.590. The van der Waals surface area contributed by atoms with Gasteiger partial charge in [-0.2, -0.15) is 0 Å². The van der Waals surface area contributed by atoms with Gasteiger partial charge in [-0.25, -0.2) is 0 Å². The first-order valence-electron chi connectivity index (χ1n) is 8.78. The highest BCUT2D eigenvalue weighted by Gasteiger charge is 2.41. The summed E-state index contributed by atoms with van der Waals surface area (Å²) in [4.78, 5) is 0. The smallest absolute Gasteiger partial charge is 0.0612 e. The van der Waals surface area contributed by atoms with Crippen molar-refractivity contribution >= 4 is 48.0 Å². The number of anilines is 1. The molecule has 1 unspecified atom stereocenters. The summed E-state index contributed by atoms with van der Waals surface area (Å²) in [5.41, 5.74) is 4.18. The molecule has 0 amide bonds. The molecule has 1 aliphatic carbocycles. The molecule has 0 fully saturated rings. The molecule has 25 heavy (non-hydrogen) atoms. The summed E-state index contributed by atoms with van der Waals surface area (Å²) in [6.45, 7) is 2.38. The highest BCUT2D eigenvalue weighted by molar-refractivity contribution is 7.26. The fourth-order valence-electron chi connectivity index (χ4n) is 4.66. The number of allylic oxidation sites excluding steroid dienone is 4. The Morgan fingerprint density at radius 2 is 1.72 bits per heavy atom. The van der Waals surface area contributed by atoms with Gasteiger partial charge in [0, 0.05) is 26.6 Å². The van der Waals surface area contributed by atoms with Crippen molar-refractivity contribution in [3.8, 4) is 0 Å². The summed E-state index contributed by atoms with van der Waals surface area (Å²) in [6, 6.07) is 17.7. The SMILES string of the molecule is CC12CC=CC=C1Nc1c2c2ccccc2c2c1sc1ccccc12. The van der Waals surface area contributed by atoms with Crippen LogP contribution in [0, 0.1) is 0 Å². The number of hydrogen-bond acceptors (Lipinski definition) is 2. The number of thiophene rings is 1. The van der Waals surface area contributed by atoms with Crippen molar-refractivity contribution in [2.24, 2.45) is 0 Å². The van der Waals surface area contributed by atoms with E-state index in [0.29, 0.717) is 0 Å². The number of nitrogens with one attached hydrogen (secondary N) is 1. The monoisotopic (exact) mass is 339 g/mol. The van der Waals surface area contributed by atoms with Crippen molar-refractivity contribution in [1.29, 1.82) is 0 Å². The molecule has 2 heterocycles. The van der Waals surface area contributed by atoms with Crippen molar-refractivity contribution in [3.63, 3.8) is 0 Å². The van der Waals surface area contributed by atoms with E-state index in [0.717, 1.165) is 6.42 Å². The molecule has 0 saturated heterocycles. The van der Waals surface area contributed by atoms with Crippen LogP contribution >= 0.6 is 11.3 Å². The van der Waals surface area contributed by atoms with Crippen molar-refractivity contribution in [1.82, 2.24) is 0 Å². The van der Waals surface area contributed by atoms with Crippen molar-refractivity contribution in [2.45, 2.75) is 18.8 Å². The molecule has 0 bridgehead atoms. The number of fused-ring (bicyclic) bond motifs is 10. The predicted octanol–water partition coefficient (Wildman–Crippen LogP) is 6.73. The van der Waals surface area contributed by atoms with Crippen LogP contribution in [-0.4, -0.2) is 0 Å². The first kappa shape index (κ1) is 13.7. The van der Waals surface area contributed by atoms with E-state index in [4.69, 9.17) is 0 Å². The Morgan fingerprint density at radius 3 is 2.60 bits per heavy atom. The maximum Gasteiger partial charge on any atom is 0.0612 e. The van der Waals surface area contributed by atoms with E-state index in [1.54, 1.807) is 0 Å². The number of benzene rings is 3. The van der Waals surface area contributed by atoms with E-state index in [9.17, 15) is 0 Å². The number of hydrogen-bond donors (Lipinski definition) is 1. The Kier molecular flexibility index (Phi) is 2.48. The Bertz CT molecular complexity index is 1260. The zero-order valence-electron chi connectivity index (χ0n) is 14.0. The third-order valence-electron chi connectivity index (χ3n) is 5.87. The average molecular weight is 339 g/mol. The average Bonchev–Trinajstić information content (AvgIpc) is 3.17. The molecule has 1 aromatic heterocycles. The van der Waals surface area contributed by atoms with Gasteiger partial charge in [-0.1, -0.05) is 54.6 Å². The Morgan fingerprint density at radius 1 is 0.960 bits per heavy atom. The van der Waals surface area contributed by atoms with Gasteiger partial charge in [0.1, 0.15) is 0 Å². The summed E-state index contributed by atoms with van der Waals surface area (Å²) in [7, 11) is 0. The minimum Gasteiger partial charge on any atom is -0.357 e. The van der Waals surface area contributed by atoms with E-state index in [1.165, 1.54) is 47.9 Å². The van der Waals surface area contributed by atoms with Crippen LogP contribution in [0.15, 0.2) is 72.5 Å². The Hall–Kier alpha value is -2.58. The van der Waals surface area contributed by atoms with Crippen molar-refractivity contribution in [3.05, 3.63) is 78.0 Å². The largest absolute Gasteiger partial charge is 0.357 e. The molecule has 120 valence electrons. The van der Waals surface area contributed by atoms with Crippen molar-refractivity contribution in [2.75, 3.05) is 5.32 Å². The van der Waals surface area contributed by atoms with Crippen LogP contribution in [0.2, 0.25) is 0 Å². The minimum atomic E-state index is 0.0497. The van der Waals surface area contributed by atoms with Gasteiger partial charge in [0.15, 0.2) is 0 Å². The molecule has 0 saturated carbocycles. The maximum absolute atomic E-state index is 3.79. The fourth-order valence-corrected chi connectivity index (χ4v) is 5.89. The standard InChI is InChI=1S/C23H17NS/c1-23-13-7-6-12-18(23)24-21-20(23)15-9-3-2-8-14(15)19-16-10-4-5-11-17(16)25-22(19)21/h2-12,24H,13H2,1H3. The lowest BCUT2D eigenvalue weighted by atomic mass is 9.74. The molecule has 1 aliphatic heterocycles. The van der Waals surface area contributed by atoms with Gasteiger partial charge in [0.2, 0.25) is 0 Å². The summed E-state index contributed by atoms with van der Waals surface area (Å²) >= 11 is 1.92. The summed E-state index contributed by atoms with van der Waals surface area (Å²) < 4.78 is 2.76. The lowest BCUT2D eigenvalue weighted by Gasteiger charge is -2.28. The first-order valence-corrected chi connectivity index (χ1v) is 9.60. The van der Waals surface area contributed by atoms with Gasteiger partial charge in [-0.15, -0.1) is 11.3 Å². The zero-order chi connectivity index (χ0) is 16.6. The topological polar surface area (TPSA) is 12.0 Å². The van der Waals surface area contributed by atoms with E-state index in [-0.39, 0.29) is 5.41 Å². The van der Waals surface area contributed by atoms with Gasteiger partial charge in [0.05, 0.1) is 10.4 Å². The van der Waals surface area contributed by atoms with E-state index in [1.807, 2.05) is 11.3 Å². The molecule has 6 rings (SSSR count). The second-order valence-corrected chi connectivity index (χ2v) is 8.32. The maximum atomic E-state index is 3.79. The first-order chi connectivity index (χ1) is 12.3. The van der Waals surface area contributed by atoms with E-state index < -0.39 is 0 Å². The van der Waals surface area contributed by atoms with Crippen LogP contribution in [0.4, 0.5) is 5.69 Å². The van der Waals surface area contributed by atoms with Crippen LogP contribution in [0.5, 0.6) is 0 Å². The Balaban J connectivity index is 1.90. The second-order valence-electron chi connectivity index (χ2n) is 7.27. The predicted molar refractivity (Wildman–Crippen MR) is 110 cm³/mol. The fraction of sp³-hybridized carbons (Fsp3) is 0.130. The van der Waals surface area contributed by atoms with Gasteiger partial charge < -0.3 is 5.32 Å². The molecule has 1 N–H and O–H groups in total. The molecule has 0 radical (unpaired) electrons. The summed E-state index contributed by atoms with van der Waals surface area (Å²) in [5, 5.41) is 9.34. The third-order valence-corrected chi connectivity index (χ3v) is 7.06.